The second-order valence-corrected chi connectivity index (χ2v) is 6.51. The molecule has 0 bridgehead atoms. The highest BCUT2D eigenvalue weighted by Crippen LogP contribution is 2.27. The molecule has 3 aromatic rings. The van der Waals surface area contributed by atoms with Crippen molar-refractivity contribution in [2.75, 3.05) is 6.54 Å². The van der Waals surface area contributed by atoms with E-state index in [1.54, 1.807) is 12.3 Å². The Balaban J connectivity index is 1.61. The molecule has 0 saturated carbocycles. The van der Waals surface area contributed by atoms with Crippen molar-refractivity contribution in [3.8, 4) is 0 Å². The summed E-state index contributed by atoms with van der Waals surface area (Å²) >= 11 is 0. The SMILES string of the molecule is Cc1ccc2n1CCN(C(=O)Cn1ncc3ccccc3c1=O)[C@H]2C. The van der Waals surface area contributed by atoms with E-state index in [4.69, 9.17) is 0 Å². The molecular formula is C19H20N4O2. The molecule has 1 amide bonds. The zero-order valence-electron chi connectivity index (χ0n) is 14.3. The molecule has 1 aliphatic rings. The Kier molecular flexibility index (Phi) is 3.67. The normalized spacial score (nSPS) is 16.9. The predicted molar refractivity (Wildman–Crippen MR) is 95.3 cm³/mol. The van der Waals surface area contributed by atoms with Gasteiger partial charge in [0.05, 0.1) is 17.6 Å². The number of aryl methyl sites for hydroxylation is 1. The fourth-order valence-corrected chi connectivity index (χ4v) is 3.62. The molecule has 0 radical (unpaired) electrons. The highest BCUT2D eigenvalue weighted by molar-refractivity contribution is 5.81. The van der Waals surface area contributed by atoms with E-state index in [2.05, 4.69) is 28.7 Å². The standard InChI is InChI=1S/C19H20N4O2/c1-13-7-8-17-14(2)22(10-9-21(13)17)18(24)12-23-19(25)16-6-4-3-5-15(16)11-20-23/h3-8,11,14H,9-10,12H2,1-2H3/t14-/m0/s1. The second-order valence-electron chi connectivity index (χ2n) is 6.51. The lowest BCUT2D eigenvalue weighted by molar-refractivity contribution is -0.135. The number of nitrogens with zero attached hydrogens (tertiary/aromatic N) is 4. The molecular weight excluding hydrogens is 316 g/mol. The first-order valence-electron chi connectivity index (χ1n) is 8.46. The zero-order chi connectivity index (χ0) is 17.6. The summed E-state index contributed by atoms with van der Waals surface area (Å²) in [7, 11) is 0. The minimum absolute atomic E-state index is 0.00823. The number of carbonyl (C=O) groups is 1. The van der Waals surface area contributed by atoms with Crippen LogP contribution in [0.4, 0.5) is 0 Å². The van der Waals surface area contributed by atoms with Gasteiger partial charge >= 0.3 is 0 Å². The molecule has 0 spiro atoms. The van der Waals surface area contributed by atoms with Crippen molar-refractivity contribution < 1.29 is 4.79 Å². The summed E-state index contributed by atoms with van der Waals surface area (Å²) in [5.74, 6) is -0.0810. The van der Waals surface area contributed by atoms with Crippen LogP contribution in [0.25, 0.3) is 10.8 Å². The van der Waals surface area contributed by atoms with Crippen LogP contribution in [-0.4, -0.2) is 31.7 Å². The summed E-state index contributed by atoms with van der Waals surface area (Å²) in [5, 5.41) is 5.54. The van der Waals surface area contributed by atoms with Gasteiger partial charge in [-0.3, -0.25) is 9.59 Å². The van der Waals surface area contributed by atoms with Crippen molar-refractivity contribution in [1.29, 1.82) is 0 Å². The summed E-state index contributed by atoms with van der Waals surface area (Å²) in [6.45, 7) is 5.49. The van der Waals surface area contributed by atoms with Crippen LogP contribution in [0, 0.1) is 6.92 Å². The maximum atomic E-state index is 12.8. The molecule has 4 rings (SSSR count). The number of hydrogen-bond acceptors (Lipinski definition) is 3. The Labute approximate surface area is 145 Å². The van der Waals surface area contributed by atoms with Crippen molar-refractivity contribution >= 4 is 16.7 Å². The number of hydrogen-bond donors (Lipinski definition) is 0. The van der Waals surface area contributed by atoms with Gasteiger partial charge in [0.1, 0.15) is 6.54 Å². The second kappa shape index (κ2) is 5.88. The van der Waals surface area contributed by atoms with Gasteiger partial charge in [0, 0.05) is 29.9 Å². The molecule has 0 unspecified atom stereocenters. The van der Waals surface area contributed by atoms with Crippen LogP contribution < -0.4 is 5.56 Å². The van der Waals surface area contributed by atoms with Crippen molar-refractivity contribution in [3.05, 3.63) is 64.3 Å². The molecule has 128 valence electrons. The number of fused-ring (bicyclic) bond motifs is 2. The molecule has 1 aromatic carbocycles. The van der Waals surface area contributed by atoms with Crippen LogP contribution in [0.1, 0.15) is 24.4 Å². The molecule has 2 aromatic heterocycles. The topological polar surface area (TPSA) is 60.1 Å². The summed E-state index contributed by atoms with van der Waals surface area (Å²) in [4.78, 5) is 27.2. The van der Waals surface area contributed by atoms with E-state index in [0.29, 0.717) is 11.9 Å². The molecule has 0 N–H and O–H groups in total. The Bertz CT molecular complexity index is 1020. The molecule has 1 atom stereocenters. The van der Waals surface area contributed by atoms with E-state index in [9.17, 15) is 9.59 Å². The molecule has 25 heavy (non-hydrogen) atoms. The fourth-order valence-electron chi connectivity index (χ4n) is 3.62. The third-order valence-corrected chi connectivity index (χ3v) is 5.06. The number of benzene rings is 1. The first kappa shape index (κ1) is 15.6. The maximum Gasteiger partial charge on any atom is 0.275 e. The van der Waals surface area contributed by atoms with Crippen molar-refractivity contribution in [1.82, 2.24) is 19.2 Å². The van der Waals surface area contributed by atoms with Gasteiger partial charge in [0.15, 0.2) is 0 Å². The highest BCUT2D eigenvalue weighted by Gasteiger charge is 2.28. The van der Waals surface area contributed by atoms with Crippen LogP contribution >= 0.6 is 0 Å². The van der Waals surface area contributed by atoms with Crippen LogP contribution in [-0.2, 0) is 17.9 Å². The lowest BCUT2D eigenvalue weighted by atomic mass is 10.1. The van der Waals surface area contributed by atoms with E-state index in [-0.39, 0.29) is 24.1 Å². The van der Waals surface area contributed by atoms with Gasteiger partial charge in [-0.2, -0.15) is 5.10 Å². The van der Waals surface area contributed by atoms with E-state index < -0.39 is 0 Å². The number of amides is 1. The van der Waals surface area contributed by atoms with Gasteiger partial charge < -0.3 is 9.47 Å². The van der Waals surface area contributed by atoms with Gasteiger partial charge in [-0.25, -0.2) is 4.68 Å². The van der Waals surface area contributed by atoms with Gasteiger partial charge in [-0.05, 0) is 32.0 Å². The van der Waals surface area contributed by atoms with Gasteiger partial charge in [-0.1, -0.05) is 18.2 Å². The van der Waals surface area contributed by atoms with Gasteiger partial charge in [0.25, 0.3) is 5.56 Å². The molecule has 0 aliphatic carbocycles. The lowest BCUT2D eigenvalue weighted by Crippen LogP contribution is -2.44. The largest absolute Gasteiger partial charge is 0.345 e. The third-order valence-electron chi connectivity index (χ3n) is 5.06. The van der Waals surface area contributed by atoms with E-state index >= 15 is 0 Å². The van der Waals surface area contributed by atoms with Crippen LogP contribution in [0.2, 0.25) is 0 Å². The van der Waals surface area contributed by atoms with Crippen molar-refractivity contribution in [2.45, 2.75) is 33.0 Å². The first-order valence-corrected chi connectivity index (χ1v) is 8.46. The molecule has 0 saturated heterocycles. The van der Waals surface area contributed by atoms with E-state index in [0.717, 1.165) is 17.6 Å². The maximum absolute atomic E-state index is 12.8. The predicted octanol–water partition coefficient (Wildman–Crippen LogP) is 2.11. The Morgan fingerprint density at radius 3 is 2.84 bits per heavy atom. The molecule has 1 aliphatic heterocycles. The summed E-state index contributed by atoms with van der Waals surface area (Å²) in [5.41, 5.74) is 2.12. The Morgan fingerprint density at radius 1 is 1.20 bits per heavy atom. The summed E-state index contributed by atoms with van der Waals surface area (Å²) in [6, 6.07) is 11.4. The van der Waals surface area contributed by atoms with Gasteiger partial charge in [-0.15, -0.1) is 0 Å². The Morgan fingerprint density at radius 2 is 2.00 bits per heavy atom. The summed E-state index contributed by atoms with van der Waals surface area (Å²) in [6.07, 6.45) is 1.64. The average Bonchev–Trinajstić information content (AvgIpc) is 3.00. The highest BCUT2D eigenvalue weighted by atomic mass is 16.2. The molecule has 3 heterocycles. The number of rotatable bonds is 2. The Hall–Kier alpha value is -2.89. The smallest absolute Gasteiger partial charge is 0.275 e. The molecule has 6 heteroatoms. The van der Waals surface area contributed by atoms with Crippen LogP contribution in [0.3, 0.4) is 0 Å². The number of aromatic nitrogens is 3. The van der Waals surface area contributed by atoms with Crippen molar-refractivity contribution in [2.24, 2.45) is 0 Å². The van der Waals surface area contributed by atoms with E-state index in [1.165, 1.54) is 10.4 Å². The van der Waals surface area contributed by atoms with Gasteiger partial charge in [0.2, 0.25) is 5.91 Å². The molecule has 6 nitrogen and oxygen atoms in total. The minimum atomic E-state index is -0.227. The van der Waals surface area contributed by atoms with Crippen molar-refractivity contribution in [3.63, 3.8) is 0 Å². The summed E-state index contributed by atoms with van der Waals surface area (Å²) < 4.78 is 3.51. The zero-order valence-corrected chi connectivity index (χ0v) is 14.3. The third kappa shape index (κ3) is 2.54. The number of carbonyl (C=O) groups excluding carboxylic acids is 1. The quantitative estimate of drug-likeness (QED) is 0.720. The molecule has 0 fully saturated rings. The fraction of sp³-hybridized carbons (Fsp3) is 0.316. The lowest BCUT2D eigenvalue weighted by Gasteiger charge is -2.35. The van der Waals surface area contributed by atoms with Crippen LogP contribution in [0.15, 0.2) is 47.4 Å². The van der Waals surface area contributed by atoms with E-state index in [1.807, 2.05) is 30.0 Å². The monoisotopic (exact) mass is 336 g/mol. The minimum Gasteiger partial charge on any atom is -0.345 e. The average molecular weight is 336 g/mol. The van der Waals surface area contributed by atoms with Crippen LogP contribution in [0.5, 0.6) is 0 Å². The first-order chi connectivity index (χ1) is 12.1.